The first kappa shape index (κ1) is 16.6. The first-order valence-corrected chi connectivity index (χ1v) is 8.71. The summed E-state index contributed by atoms with van der Waals surface area (Å²) in [4.78, 5) is 15.1. The van der Waals surface area contributed by atoms with Gasteiger partial charge in [0.2, 0.25) is 5.91 Å². The highest BCUT2D eigenvalue weighted by molar-refractivity contribution is 5.89. The fourth-order valence-corrected chi connectivity index (χ4v) is 3.55. The number of anilines is 1. The van der Waals surface area contributed by atoms with E-state index in [1.807, 2.05) is 18.0 Å². The summed E-state index contributed by atoms with van der Waals surface area (Å²) in [6.07, 6.45) is 8.49. The molecular weight excluding hydrogens is 300 g/mol. The number of likely N-dealkylation sites (N-methyl/N-ethyl adjacent to an activating group) is 1. The van der Waals surface area contributed by atoms with Crippen molar-refractivity contribution in [2.45, 2.75) is 51.1 Å². The van der Waals surface area contributed by atoms with Crippen molar-refractivity contribution in [2.24, 2.45) is 0 Å². The van der Waals surface area contributed by atoms with E-state index >= 15 is 0 Å². The fraction of sp³-hybridized carbons (Fsp3) is 0.450. The van der Waals surface area contributed by atoms with E-state index in [0.717, 1.165) is 36.9 Å². The molecule has 0 atom stereocenters. The van der Waals surface area contributed by atoms with Crippen LogP contribution in [0.25, 0.3) is 0 Å². The lowest BCUT2D eigenvalue weighted by Gasteiger charge is -2.40. The molecule has 0 radical (unpaired) electrons. The van der Waals surface area contributed by atoms with Gasteiger partial charge in [-0.15, -0.1) is 0 Å². The maximum absolute atomic E-state index is 13.3. The highest BCUT2D eigenvalue weighted by atomic mass is 16.3. The molecule has 1 aliphatic rings. The van der Waals surface area contributed by atoms with Crippen LogP contribution in [0.5, 0.6) is 0 Å². The van der Waals surface area contributed by atoms with E-state index in [0.29, 0.717) is 6.54 Å². The van der Waals surface area contributed by atoms with E-state index in [1.165, 1.54) is 12.0 Å². The molecule has 2 aromatic rings. The second-order valence-corrected chi connectivity index (χ2v) is 6.93. The van der Waals surface area contributed by atoms with Crippen molar-refractivity contribution in [3.05, 3.63) is 54.0 Å². The Kier molecular flexibility index (Phi) is 4.93. The zero-order valence-corrected chi connectivity index (χ0v) is 14.5. The quantitative estimate of drug-likeness (QED) is 0.888. The zero-order valence-electron chi connectivity index (χ0n) is 14.5. The van der Waals surface area contributed by atoms with Crippen LogP contribution in [0, 0.1) is 6.92 Å². The Morgan fingerprint density at radius 1 is 1.17 bits per heavy atom. The number of aryl methyl sites for hydroxylation is 1. The topological polar surface area (TPSA) is 45.5 Å². The number of amides is 1. The molecule has 0 bridgehead atoms. The average molecular weight is 326 g/mol. The normalized spacial score (nSPS) is 16.6. The molecule has 24 heavy (non-hydrogen) atoms. The van der Waals surface area contributed by atoms with E-state index in [9.17, 15) is 4.79 Å². The molecule has 3 rings (SSSR count). The van der Waals surface area contributed by atoms with Gasteiger partial charge in [-0.3, -0.25) is 4.79 Å². The first-order chi connectivity index (χ1) is 11.6. The zero-order chi connectivity index (χ0) is 17.0. The molecule has 1 fully saturated rings. The number of hydrogen-bond acceptors (Lipinski definition) is 3. The second kappa shape index (κ2) is 7.12. The first-order valence-electron chi connectivity index (χ1n) is 8.71. The lowest BCUT2D eigenvalue weighted by atomic mass is 9.80. The van der Waals surface area contributed by atoms with Crippen LogP contribution < -0.4 is 5.32 Å². The average Bonchev–Trinajstić information content (AvgIpc) is 3.10. The Labute approximate surface area is 143 Å². The summed E-state index contributed by atoms with van der Waals surface area (Å²) in [6.45, 7) is 2.65. The minimum absolute atomic E-state index is 0.170. The monoisotopic (exact) mass is 326 g/mol. The lowest BCUT2D eigenvalue weighted by molar-refractivity contribution is -0.136. The van der Waals surface area contributed by atoms with Gasteiger partial charge in [0.1, 0.15) is 5.54 Å². The predicted molar refractivity (Wildman–Crippen MR) is 95.8 cm³/mol. The SMILES string of the molecule is Cc1ccc(NC2(C(=O)N(C)Cc3ccoc3)CCCCC2)cc1. The highest BCUT2D eigenvalue weighted by Gasteiger charge is 2.41. The molecule has 0 aliphatic heterocycles. The molecule has 1 aromatic heterocycles. The number of carbonyl (C=O) groups is 1. The van der Waals surface area contributed by atoms with Crippen LogP contribution in [0.2, 0.25) is 0 Å². The van der Waals surface area contributed by atoms with E-state index in [4.69, 9.17) is 4.42 Å². The molecule has 4 heteroatoms. The highest BCUT2D eigenvalue weighted by Crippen LogP contribution is 2.33. The largest absolute Gasteiger partial charge is 0.472 e. The predicted octanol–water partition coefficient (Wildman–Crippen LogP) is 4.36. The molecule has 1 heterocycles. The molecule has 1 N–H and O–H groups in total. The van der Waals surface area contributed by atoms with Gasteiger partial charge in [0, 0.05) is 24.8 Å². The summed E-state index contributed by atoms with van der Waals surface area (Å²) >= 11 is 0. The smallest absolute Gasteiger partial charge is 0.248 e. The van der Waals surface area contributed by atoms with Crippen LogP contribution in [0.1, 0.15) is 43.2 Å². The van der Waals surface area contributed by atoms with Crippen molar-refractivity contribution in [2.75, 3.05) is 12.4 Å². The number of hydrogen-bond donors (Lipinski definition) is 1. The van der Waals surface area contributed by atoms with Gasteiger partial charge in [-0.1, -0.05) is 37.0 Å². The van der Waals surface area contributed by atoms with Gasteiger partial charge in [-0.2, -0.15) is 0 Å². The Balaban J connectivity index is 1.79. The van der Waals surface area contributed by atoms with Crippen LogP contribution in [0.15, 0.2) is 47.3 Å². The van der Waals surface area contributed by atoms with Crippen LogP contribution >= 0.6 is 0 Å². The third-order valence-corrected chi connectivity index (χ3v) is 4.90. The van der Waals surface area contributed by atoms with E-state index < -0.39 is 5.54 Å². The van der Waals surface area contributed by atoms with E-state index in [1.54, 1.807) is 12.5 Å². The van der Waals surface area contributed by atoms with Crippen molar-refractivity contribution in [3.63, 3.8) is 0 Å². The number of carbonyl (C=O) groups excluding carboxylic acids is 1. The van der Waals surface area contributed by atoms with Crippen molar-refractivity contribution >= 4 is 11.6 Å². The van der Waals surface area contributed by atoms with Crippen LogP contribution in [-0.2, 0) is 11.3 Å². The van der Waals surface area contributed by atoms with Crippen molar-refractivity contribution in [1.82, 2.24) is 4.90 Å². The summed E-state index contributed by atoms with van der Waals surface area (Å²) in [6, 6.07) is 10.2. The summed E-state index contributed by atoms with van der Waals surface area (Å²) in [5.74, 6) is 0.170. The van der Waals surface area contributed by atoms with Crippen molar-refractivity contribution in [3.8, 4) is 0 Å². The molecule has 1 aromatic carbocycles. The Bertz CT molecular complexity index is 655. The van der Waals surface area contributed by atoms with Crippen LogP contribution in [0.4, 0.5) is 5.69 Å². The van der Waals surface area contributed by atoms with Gasteiger partial charge < -0.3 is 14.6 Å². The standard InChI is InChI=1S/C20H26N2O2/c1-16-6-8-18(9-7-16)21-20(11-4-3-5-12-20)19(23)22(2)14-17-10-13-24-15-17/h6-10,13,15,21H,3-5,11-12,14H2,1-2H3. The lowest BCUT2D eigenvalue weighted by Crippen LogP contribution is -2.53. The molecule has 1 saturated carbocycles. The maximum Gasteiger partial charge on any atom is 0.248 e. The van der Waals surface area contributed by atoms with Crippen molar-refractivity contribution < 1.29 is 9.21 Å². The molecule has 0 saturated heterocycles. The fourth-order valence-electron chi connectivity index (χ4n) is 3.55. The molecule has 128 valence electrons. The van der Waals surface area contributed by atoms with Gasteiger partial charge in [-0.05, 0) is 38.0 Å². The number of benzene rings is 1. The van der Waals surface area contributed by atoms with E-state index in [2.05, 4.69) is 36.5 Å². The van der Waals surface area contributed by atoms with Gasteiger partial charge in [0.05, 0.1) is 12.5 Å². The molecule has 0 unspecified atom stereocenters. The Morgan fingerprint density at radius 2 is 1.88 bits per heavy atom. The minimum Gasteiger partial charge on any atom is -0.472 e. The third-order valence-electron chi connectivity index (χ3n) is 4.90. The maximum atomic E-state index is 13.3. The Hall–Kier alpha value is -2.23. The van der Waals surface area contributed by atoms with Gasteiger partial charge in [-0.25, -0.2) is 0 Å². The van der Waals surface area contributed by atoms with Gasteiger partial charge in [0.15, 0.2) is 0 Å². The summed E-state index contributed by atoms with van der Waals surface area (Å²) in [5.41, 5.74) is 2.77. The van der Waals surface area contributed by atoms with Crippen molar-refractivity contribution in [1.29, 1.82) is 0 Å². The molecule has 1 aliphatic carbocycles. The third kappa shape index (κ3) is 3.64. The number of nitrogens with zero attached hydrogens (tertiary/aromatic N) is 1. The van der Waals surface area contributed by atoms with Crippen LogP contribution in [0.3, 0.4) is 0 Å². The van der Waals surface area contributed by atoms with Gasteiger partial charge in [0.25, 0.3) is 0 Å². The summed E-state index contributed by atoms with van der Waals surface area (Å²) < 4.78 is 5.12. The summed E-state index contributed by atoms with van der Waals surface area (Å²) in [5, 5.41) is 3.57. The van der Waals surface area contributed by atoms with Gasteiger partial charge >= 0.3 is 0 Å². The molecule has 1 amide bonds. The molecule has 0 spiro atoms. The molecular formula is C20H26N2O2. The minimum atomic E-state index is -0.494. The molecule has 4 nitrogen and oxygen atoms in total. The number of nitrogens with one attached hydrogen (secondary N) is 1. The summed E-state index contributed by atoms with van der Waals surface area (Å²) in [7, 11) is 1.88. The van der Waals surface area contributed by atoms with E-state index in [-0.39, 0.29) is 5.91 Å². The van der Waals surface area contributed by atoms with Crippen LogP contribution in [-0.4, -0.2) is 23.4 Å². The number of rotatable bonds is 5. The second-order valence-electron chi connectivity index (χ2n) is 6.93. The Morgan fingerprint density at radius 3 is 2.50 bits per heavy atom. The number of furan rings is 1.